The lowest BCUT2D eigenvalue weighted by atomic mass is 9.42. The molecule has 32 heavy (non-hydrogen) atoms. The lowest BCUT2D eigenvalue weighted by molar-refractivity contribution is -0.273. The first-order valence-corrected chi connectivity index (χ1v) is 12.1. The van der Waals surface area contributed by atoms with Crippen molar-refractivity contribution in [3.63, 3.8) is 0 Å². The van der Waals surface area contributed by atoms with Gasteiger partial charge in [-0.25, -0.2) is 0 Å². The van der Waals surface area contributed by atoms with Gasteiger partial charge < -0.3 is 19.7 Å². The Morgan fingerprint density at radius 2 is 1.38 bits per heavy atom. The van der Waals surface area contributed by atoms with Crippen LogP contribution in [0.5, 0.6) is 0 Å². The van der Waals surface area contributed by atoms with Gasteiger partial charge in [0.2, 0.25) is 0 Å². The molecule has 7 nitrogen and oxygen atoms in total. The van der Waals surface area contributed by atoms with E-state index in [2.05, 4.69) is 6.92 Å². The van der Waals surface area contributed by atoms with Crippen molar-refractivity contribution in [2.75, 3.05) is 0 Å². The summed E-state index contributed by atoms with van der Waals surface area (Å²) in [6.45, 7) is 8.35. The highest BCUT2D eigenvalue weighted by molar-refractivity contribution is 5.86. The van der Waals surface area contributed by atoms with Crippen LogP contribution < -0.4 is 0 Å². The first kappa shape index (κ1) is 23.7. The Morgan fingerprint density at radius 3 is 1.97 bits per heavy atom. The van der Waals surface area contributed by atoms with Gasteiger partial charge in [0.15, 0.2) is 5.78 Å². The molecule has 0 aromatic rings. The first-order valence-electron chi connectivity index (χ1n) is 12.1. The van der Waals surface area contributed by atoms with E-state index >= 15 is 0 Å². The number of aliphatic hydroxyl groups is 2. The van der Waals surface area contributed by atoms with Crippen molar-refractivity contribution < 1.29 is 34.1 Å². The van der Waals surface area contributed by atoms with Crippen LogP contribution in [0.2, 0.25) is 0 Å². The third-order valence-electron chi connectivity index (χ3n) is 10.2. The molecule has 0 heterocycles. The van der Waals surface area contributed by atoms with E-state index in [0.717, 1.165) is 19.3 Å². The molecule has 180 valence electrons. The number of esters is 2. The number of hydrogen-bond acceptors (Lipinski definition) is 7. The van der Waals surface area contributed by atoms with Crippen LogP contribution in [0, 0.1) is 28.6 Å². The third kappa shape index (κ3) is 3.10. The van der Waals surface area contributed by atoms with Crippen molar-refractivity contribution in [2.45, 2.75) is 109 Å². The van der Waals surface area contributed by atoms with Gasteiger partial charge in [-0.2, -0.15) is 0 Å². The molecular formula is C25H38O7. The summed E-state index contributed by atoms with van der Waals surface area (Å²) in [6, 6.07) is 0. The first-order chi connectivity index (χ1) is 14.8. The van der Waals surface area contributed by atoms with Crippen molar-refractivity contribution in [1.82, 2.24) is 0 Å². The quantitative estimate of drug-likeness (QED) is 0.636. The smallest absolute Gasteiger partial charge is 0.303 e. The number of rotatable bonds is 3. The van der Waals surface area contributed by atoms with Crippen LogP contribution in [0.15, 0.2) is 0 Å². The monoisotopic (exact) mass is 450 g/mol. The predicted octanol–water partition coefficient (Wildman–Crippen LogP) is 2.94. The van der Waals surface area contributed by atoms with Crippen molar-refractivity contribution in [3.05, 3.63) is 0 Å². The van der Waals surface area contributed by atoms with E-state index in [0.29, 0.717) is 25.7 Å². The Morgan fingerprint density at radius 1 is 0.812 bits per heavy atom. The Labute approximate surface area is 190 Å². The second-order valence-corrected chi connectivity index (χ2v) is 11.4. The van der Waals surface area contributed by atoms with E-state index in [9.17, 15) is 24.6 Å². The molecule has 7 heteroatoms. The van der Waals surface area contributed by atoms with Crippen LogP contribution in [0.3, 0.4) is 0 Å². The largest absolute Gasteiger partial charge is 0.462 e. The number of ether oxygens (including phenoxy) is 2. The maximum Gasteiger partial charge on any atom is 0.303 e. The molecule has 4 fully saturated rings. The highest BCUT2D eigenvalue weighted by atomic mass is 16.6. The molecule has 0 spiro atoms. The SMILES string of the molecule is CC(=O)O[C@H]1CC[C@]2(C)[C@H]3CC[C@@]4(C)[C@@H](CC[C@]4(O)C(C)=O)[C@@H]3C[C@H](OC(C)=O)[C@@]2(O)C1. The fourth-order valence-electron chi connectivity index (χ4n) is 8.49. The molecule has 0 saturated heterocycles. The van der Waals surface area contributed by atoms with Crippen molar-refractivity contribution in [1.29, 1.82) is 0 Å². The molecule has 0 aromatic heterocycles. The summed E-state index contributed by atoms with van der Waals surface area (Å²) in [7, 11) is 0. The molecule has 4 aliphatic rings. The Balaban J connectivity index is 1.72. The van der Waals surface area contributed by atoms with E-state index in [1.54, 1.807) is 0 Å². The van der Waals surface area contributed by atoms with Gasteiger partial charge in [-0.3, -0.25) is 14.4 Å². The topological polar surface area (TPSA) is 110 Å². The number of fused-ring (bicyclic) bond motifs is 5. The van der Waals surface area contributed by atoms with Crippen LogP contribution in [0.25, 0.3) is 0 Å². The molecule has 0 unspecified atom stereocenters. The van der Waals surface area contributed by atoms with Gasteiger partial charge in [-0.05, 0) is 69.6 Å². The molecule has 2 N–H and O–H groups in total. The minimum absolute atomic E-state index is 0.126. The molecule has 0 bridgehead atoms. The van der Waals surface area contributed by atoms with Crippen molar-refractivity contribution >= 4 is 17.7 Å². The normalized spacial score (nSPS) is 49.9. The highest BCUT2D eigenvalue weighted by Crippen LogP contribution is 2.69. The Bertz CT molecular complexity index is 825. The lowest BCUT2D eigenvalue weighted by Crippen LogP contribution is -2.70. The lowest BCUT2D eigenvalue weighted by Gasteiger charge is -2.65. The number of Topliss-reactive ketones (excluding diaryl/α,β-unsaturated/α-hetero) is 1. The summed E-state index contributed by atoms with van der Waals surface area (Å²) >= 11 is 0. The zero-order chi connectivity index (χ0) is 23.7. The molecular weight excluding hydrogens is 412 g/mol. The van der Waals surface area contributed by atoms with Gasteiger partial charge in [-0.15, -0.1) is 0 Å². The number of carbonyl (C=O) groups excluding carboxylic acids is 3. The maximum absolute atomic E-state index is 12.5. The fraction of sp³-hybridized carbons (Fsp3) is 0.880. The highest BCUT2D eigenvalue weighted by Gasteiger charge is 2.71. The molecule has 4 saturated carbocycles. The average molecular weight is 451 g/mol. The van der Waals surface area contributed by atoms with Gasteiger partial charge in [0.25, 0.3) is 0 Å². The summed E-state index contributed by atoms with van der Waals surface area (Å²) in [5.41, 5.74) is -3.63. The van der Waals surface area contributed by atoms with Crippen LogP contribution in [-0.4, -0.2) is 51.3 Å². The van der Waals surface area contributed by atoms with Crippen LogP contribution in [0.4, 0.5) is 0 Å². The maximum atomic E-state index is 12.5. The summed E-state index contributed by atoms with van der Waals surface area (Å²) in [6.07, 6.45) is 3.71. The second kappa shape index (κ2) is 7.52. The summed E-state index contributed by atoms with van der Waals surface area (Å²) < 4.78 is 11.2. The van der Waals surface area contributed by atoms with Crippen molar-refractivity contribution in [3.8, 4) is 0 Å². The molecule has 0 radical (unpaired) electrons. The van der Waals surface area contributed by atoms with E-state index in [-0.39, 0.29) is 35.9 Å². The molecule has 9 atom stereocenters. The van der Waals surface area contributed by atoms with Gasteiger partial charge in [-0.1, -0.05) is 13.8 Å². The van der Waals surface area contributed by atoms with E-state index in [1.807, 2.05) is 6.92 Å². The molecule has 0 aromatic carbocycles. The molecule has 0 amide bonds. The molecule has 0 aliphatic heterocycles. The molecule has 4 aliphatic carbocycles. The average Bonchev–Trinajstić information content (AvgIpc) is 2.96. The zero-order valence-electron chi connectivity index (χ0n) is 20.0. The van der Waals surface area contributed by atoms with Gasteiger partial charge in [0.1, 0.15) is 23.4 Å². The second-order valence-electron chi connectivity index (χ2n) is 11.4. The minimum Gasteiger partial charge on any atom is -0.462 e. The molecule has 4 rings (SSSR count). The predicted molar refractivity (Wildman–Crippen MR) is 115 cm³/mol. The van der Waals surface area contributed by atoms with E-state index < -0.39 is 40.2 Å². The summed E-state index contributed by atoms with van der Waals surface area (Å²) in [4.78, 5) is 36.1. The standard InChI is InChI=1S/C25H38O7/c1-14(26)24(29)11-8-20-18-12-21(32-16(3)28)25(30)13-17(31-15(2)27)6-9-23(25,5)19(18)7-10-22(20,24)4/h17-21,29-30H,6-13H2,1-5H3/t17-,18+,19-,20-,21-,22-,23+,24-,25-/m0/s1. The van der Waals surface area contributed by atoms with Gasteiger partial charge in [0.05, 0.1) is 0 Å². The number of ketones is 1. The fourth-order valence-corrected chi connectivity index (χ4v) is 8.49. The number of hydrogen-bond donors (Lipinski definition) is 2. The summed E-state index contributed by atoms with van der Waals surface area (Å²) in [5, 5.41) is 23.5. The van der Waals surface area contributed by atoms with Crippen LogP contribution in [0.1, 0.15) is 86.0 Å². The van der Waals surface area contributed by atoms with Gasteiger partial charge in [0, 0.05) is 31.1 Å². The van der Waals surface area contributed by atoms with E-state index in [1.165, 1.54) is 20.8 Å². The summed E-state index contributed by atoms with van der Waals surface area (Å²) in [5.74, 6) is -0.530. The van der Waals surface area contributed by atoms with Gasteiger partial charge >= 0.3 is 11.9 Å². The van der Waals surface area contributed by atoms with Crippen LogP contribution in [-0.2, 0) is 23.9 Å². The number of carbonyl (C=O) groups is 3. The third-order valence-corrected chi connectivity index (χ3v) is 10.2. The Kier molecular flexibility index (Phi) is 5.57. The minimum atomic E-state index is -1.32. The van der Waals surface area contributed by atoms with Crippen LogP contribution >= 0.6 is 0 Å². The van der Waals surface area contributed by atoms with E-state index in [4.69, 9.17) is 9.47 Å². The zero-order valence-corrected chi connectivity index (χ0v) is 20.0. The van der Waals surface area contributed by atoms with Crippen molar-refractivity contribution in [2.24, 2.45) is 28.6 Å². The Hall–Kier alpha value is -1.47.